The van der Waals surface area contributed by atoms with Gasteiger partial charge in [-0.25, -0.2) is 0 Å². The van der Waals surface area contributed by atoms with Crippen LogP contribution < -0.4 is 0 Å². The SMILES string of the molecule is CC(=C/C(=N)C(C)(C)C)/C=C(\C)OCC(C)(C)C. The molecule has 0 atom stereocenters. The van der Waals surface area contributed by atoms with Gasteiger partial charge in [-0.2, -0.15) is 0 Å². The van der Waals surface area contributed by atoms with Crippen LogP contribution in [-0.4, -0.2) is 12.3 Å². The molecule has 0 aromatic heterocycles. The fourth-order valence-corrected chi connectivity index (χ4v) is 1.18. The first-order valence-electron chi connectivity index (χ1n) is 6.50. The number of nitrogens with one attached hydrogen (secondary N) is 1. The lowest BCUT2D eigenvalue weighted by Gasteiger charge is -2.19. The lowest BCUT2D eigenvalue weighted by Crippen LogP contribution is -2.17. The van der Waals surface area contributed by atoms with Crippen molar-refractivity contribution in [1.82, 2.24) is 0 Å². The number of ether oxygens (including phenoxy) is 1. The summed E-state index contributed by atoms with van der Waals surface area (Å²) < 4.78 is 5.69. The standard InChI is InChI=1S/C16H29NO/c1-12(10-14(17)16(6,7)8)9-13(2)18-11-15(3,4)5/h9-10,17H,11H2,1-8H3/b12-10-,13-9+,17-14?. The highest BCUT2D eigenvalue weighted by atomic mass is 16.5. The second kappa shape index (κ2) is 6.21. The first-order chi connectivity index (χ1) is 7.92. The van der Waals surface area contributed by atoms with Gasteiger partial charge in [0.25, 0.3) is 0 Å². The molecule has 0 aliphatic carbocycles. The summed E-state index contributed by atoms with van der Waals surface area (Å²) in [6, 6.07) is 0. The van der Waals surface area contributed by atoms with Crippen LogP contribution in [0.4, 0.5) is 0 Å². The van der Waals surface area contributed by atoms with Gasteiger partial charge < -0.3 is 10.1 Å². The second-order valence-corrected chi connectivity index (χ2v) is 7.16. The van der Waals surface area contributed by atoms with Gasteiger partial charge in [-0.15, -0.1) is 0 Å². The monoisotopic (exact) mass is 251 g/mol. The first-order valence-corrected chi connectivity index (χ1v) is 6.50. The molecule has 0 rings (SSSR count). The normalized spacial score (nSPS) is 14.7. The molecule has 0 fully saturated rings. The lowest BCUT2D eigenvalue weighted by molar-refractivity contribution is 0.128. The third-order valence-electron chi connectivity index (χ3n) is 2.34. The number of hydrogen-bond acceptors (Lipinski definition) is 2. The molecule has 0 aromatic rings. The van der Waals surface area contributed by atoms with E-state index < -0.39 is 0 Å². The van der Waals surface area contributed by atoms with Gasteiger partial charge >= 0.3 is 0 Å². The fourth-order valence-electron chi connectivity index (χ4n) is 1.18. The maximum atomic E-state index is 7.97. The van der Waals surface area contributed by atoms with E-state index in [4.69, 9.17) is 10.1 Å². The van der Waals surface area contributed by atoms with Crippen LogP contribution in [0.1, 0.15) is 55.4 Å². The minimum absolute atomic E-state index is 0.102. The van der Waals surface area contributed by atoms with E-state index in [1.54, 1.807) is 0 Å². The van der Waals surface area contributed by atoms with Crippen molar-refractivity contribution in [2.45, 2.75) is 55.4 Å². The van der Waals surface area contributed by atoms with E-state index >= 15 is 0 Å². The minimum Gasteiger partial charge on any atom is -0.498 e. The van der Waals surface area contributed by atoms with Gasteiger partial charge in [-0.1, -0.05) is 41.5 Å². The van der Waals surface area contributed by atoms with Crippen molar-refractivity contribution in [2.24, 2.45) is 10.8 Å². The van der Waals surface area contributed by atoms with Crippen molar-refractivity contribution >= 4 is 5.71 Å². The number of hydrogen-bond donors (Lipinski definition) is 1. The van der Waals surface area contributed by atoms with E-state index in [1.807, 2.05) is 46.8 Å². The molecule has 1 N–H and O–H groups in total. The molecule has 2 heteroatoms. The van der Waals surface area contributed by atoms with Crippen LogP contribution >= 0.6 is 0 Å². The molecular formula is C16H29NO. The third kappa shape index (κ3) is 8.10. The molecule has 0 aromatic carbocycles. The molecule has 0 bridgehead atoms. The highest BCUT2D eigenvalue weighted by Gasteiger charge is 2.14. The Labute approximate surface area is 113 Å². The molecule has 0 aliphatic heterocycles. The van der Waals surface area contributed by atoms with Gasteiger partial charge in [0.1, 0.15) is 0 Å². The van der Waals surface area contributed by atoms with Crippen LogP contribution in [0.25, 0.3) is 0 Å². The summed E-state index contributed by atoms with van der Waals surface area (Å²) in [6.45, 7) is 17.3. The van der Waals surface area contributed by atoms with Crippen molar-refractivity contribution in [1.29, 1.82) is 5.41 Å². The molecule has 0 aliphatic rings. The molecule has 104 valence electrons. The Morgan fingerprint density at radius 2 is 1.50 bits per heavy atom. The Kier molecular flexibility index (Phi) is 5.85. The van der Waals surface area contributed by atoms with E-state index in [2.05, 4.69) is 20.8 Å². The van der Waals surface area contributed by atoms with E-state index in [1.165, 1.54) is 0 Å². The maximum Gasteiger partial charge on any atom is 0.0931 e. The molecule has 0 radical (unpaired) electrons. The molecule has 0 amide bonds. The van der Waals surface area contributed by atoms with E-state index in [0.717, 1.165) is 11.3 Å². The smallest absolute Gasteiger partial charge is 0.0931 e. The molecular weight excluding hydrogens is 222 g/mol. The summed E-state index contributed by atoms with van der Waals surface area (Å²) in [7, 11) is 0. The highest BCUT2D eigenvalue weighted by Crippen LogP contribution is 2.18. The predicted octanol–water partition coefficient (Wildman–Crippen LogP) is 4.97. The van der Waals surface area contributed by atoms with Crippen LogP contribution in [-0.2, 0) is 4.74 Å². The topological polar surface area (TPSA) is 33.1 Å². The van der Waals surface area contributed by atoms with Crippen LogP contribution in [0.2, 0.25) is 0 Å². The average Bonchev–Trinajstić information content (AvgIpc) is 2.11. The summed E-state index contributed by atoms with van der Waals surface area (Å²) in [6.07, 6.45) is 3.90. The largest absolute Gasteiger partial charge is 0.498 e. The fraction of sp³-hybridized carbons (Fsp3) is 0.688. The zero-order chi connectivity index (χ0) is 14.6. The van der Waals surface area contributed by atoms with E-state index in [-0.39, 0.29) is 10.8 Å². The minimum atomic E-state index is -0.102. The molecule has 0 unspecified atom stereocenters. The molecule has 0 spiro atoms. The summed E-state index contributed by atoms with van der Waals surface area (Å²) in [5.41, 5.74) is 1.77. The molecule has 18 heavy (non-hydrogen) atoms. The van der Waals surface area contributed by atoms with Crippen LogP contribution in [0, 0.1) is 16.2 Å². The summed E-state index contributed by atoms with van der Waals surface area (Å²) >= 11 is 0. The zero-order valence-electron chi connectivity index (χ0n) is 13.3. The Morgan fingerprint density at radius 3 is 1.89 bits per heavy atom. The lowest BCUT2D eigenvalue weighted by atomic mass is 9.89. The van der Waals surface area contributed by atoms with Gasteiger partial charge in [0.05, 0.1) is 12.4 Å². The van der Waals surface area contributed by atoms with E-state index in [9.17, 15) is 0 Å². The number of rotatable bonds is 4. The van der Waals surface area contributed by atoms with Crippen molar-refractivity contribution in [2.75, 3.05) is 6.61 Å². The highest BCUT2D eigenvalue weighted by molar-refractivity contribution is 5.97. The van der Waals surface area contributed by atoms with Crippen LogP contribution in [0.15, 0.2) is 23.5 Å². The van der Waals surface area contributed by atoms with Crippen LogP contribution in [0.5, 0.6) is 0 Å². The van der Waals surface area contributed by atoms with Gasteiger partial charge in [-0.05, 0) is 37.0 Å². The van der Waals surface area contributed by atoms with E-state index in [0.29, 0.717) is 12.3 Å². The van der Waals surface area contributed by atoms with Gasteiger partial charge in [-0.3, -0.25) is 0 Å². The van der Waals surface area contributed by atoms with Crippen molar-refractivity contribution in [3.05, 3.63) is 23.5 Å². The Morgan fingerprint density at radius 1 is 1.00 bits per heavy atom. The van der Waals surface area contributed by atoms with Crippen molar-refractivity contribution in [3.8, 4) is 0 Å². The Balaban J connectivity index is 4.58. The molecule has 0 heterocycles. The molecule has 0 saturated carbocycles. The predicted molar refractivity (Wildman–Crippen MR) is 80.1 cm³/mol. The summed E-state index contributed by atoms with van der Waals surface area (Å²) in [4.78, 5) is 0. The van der Waals surface area contributed by atoms with Gasteiger partial charge in [0.2, 0.25) is 0 Å². The number of allylic oxidation sites excluding steroid dienone is 4. The van der Waals surface area contributed by atoms with Crippen molar-refractivity contribution < 1.29 is 4.74 Å². The molecule has 0 saturated heterocycles. The van der Waals surface area contributed by atoms with Gasteiger partial charge in [0, 0.05) is 11.1 Å². The Bertz CT molecular complexity index is 348. The maximum absolute atomic E-state index is 7.97. The quantitative estimate of drug-likeness (QED) is 0.427. The summed E-state index contributed by atoms with van der Waals surface area (Å²) in [5.74, 6) is 0.903. The van der Waals surface area contributed by atoms with Crippen molar-refractivity contribution in [3.63, 3.8) is 0 Å². The molecule has 2 nitrogen and oxygen atoms in total. The van der Waals surface area contributed by atoms with Gasteiger partial charge in [0.15, 0.2) is 0 Å². The second-order valence-electron chi connectivity index (χ2n) is 7.16. The first kappa shape index (κ1) is 16.9. The average molecular weight is 251 g/mol. The zero-order valence-corrected chi connectivity index (χ0v) is 13.3. The third-order valence-corrected chi connectivity index (χ3v) is 2.34. The summed E-state index contributed by atoms with van der Waals surface area (Å²) in [5, 5.41) is 7.97. The van der Waals surface area contributed by atoms with Crippen LogP contribution in [0.3, 0.4) is 0 Å². The Hall–Kier alpha value is -1.05.